The molecule has 0 aromatic carbocycles. The Bertz CT molecular complexity index is 587. The molecule has 2 aromatic rings. The fourth-order valence-electron chi connectivity index (χ4n) is 1.84. The Labute approximate surface area is 123 Å². The molecule has 4 nitrogen and oxygen atoms in total. The van der Waals surface area contributed by atoms with Crippen molar-refractivity contribution in [2.75, 3.05) is 6.54 Å². The molecule has 2 heterocycles. The molecule has 0 saturated heterocycles. The summed E-state index contributed by atoms with van der Waals surface area (Å²) < 4.78 is 0. The number of halogens is 1. The number of pyridine rings is 2. The van der Waals surface area contributed by atoms with E-state index < -0.39 is 0 Å². The molecule has 0 spiro atoms. The molecule has 0 radical (unpaired) electrons. The maximum atomic E-state index is 12.0. The number of nitrogens with one attached hydrogen (secondary N) is 1. The summed E-state index contributed by atoms with van der Waals surface area (Å²) in [6.07, 6.45) is 5.01. The van der Waals surface area contributed by atoms with Gasteiger partial charge in [0, 0.05) is 30.2 Å². The molecular formula is C15H16ClN3O. The Morgan fingerprint density at radius 2 is 2.05 bits per heavy atom. The van der Waals surface area contributed by atoms with Crippen molar-refractivity contribution in [3.63, 3.8) is 0 Å². The summed E-state index contributed by atoms with van der Waals surface area (Å²) in [5, 5.41) is 3.23. The van der Waals surface area contributed by atoms with Crippen molar-refractivity contribution in [3.8, 4) is 0 Å². The summed E-state index contributed by atoms with van der Waals surface area (Å²) >= 11 is 5.90. The van der Waals surface area contributed by atoms with Gasteiger partial charge in [0.25, 0.3) is 5.91 Å². The maximum absolute atomic E-state index is 12.0. The van der Waals surface area contributed by atoms with E-state index in [1.54, 1.807) is 24.5 Å². The van der Waals surface area contributed by atoms with E-state index in [0.29, 0.717) is 17.3 Å². The minimum Gasteiger partial charge on any atom is -0.352 e. The normalized spacial score (nSPS) is 10.3. The second-order valence-electron chi connectivity index (χ2n) is 4.38. The lowest BCUT2D eigenvalue weighted by Gasteiger charge is -2.07. The lowest BCUT2D eigenvalue weighted by molar-refractivity contribution is 0.0954. The van der Waals surface area contributed by atoms with Crippen LogP contribution in [0, 0.1) is 0 Å². The Morgan fingerprint density at radius 1 is 1.30 bits per heavy atom. The largest absolute Gasteiger partial charge is 0.352 e. The summed E-state index contributed by atoms with van der Waals surface area (Å²) in [5.74, 6) is -0.127. The van der Waals surface area contributed by atoms with E-state index in [-0.39, 0.29) is 5.91 Å². The predicted octanol–water partition coefficient (Wildman–Crippen LogP) is 2.66. The molecule has 0 aliphatic carbocycles. The lowest BCUT2D eigenvalue weighted by Crippen LogP contribution is -2.26. The number of carbonyl (C=O) groups is 1. The summed E-state index contributed by atoms with van der Waals surface area (Å²) in [6.45, 7) is 2.55. The highest BCUT2D eigenvalue weighted by Gasteiger charge is 2.08. The molecule has 1 N–H and O–H groups in total. The number of aryl methyl sites for hydroxylation is 1. The van der Waals surface area contributed by atoms with Crippen LogP contribution in [-0.2, 0) is 12.8 Å². The Kier molecular flexibility index (Phi) is 5.07. The van der Waals surface area contributed by atoms with Crippen molar-refractivity contribution in [2.45, 2.75) is 19.8 Å². The van der Waals surface area contributed by atoms with Crippen LogP contribution in [0.4, 0.5) is 0 Å². The molecule has 1 amide bonds. The van der Waals surface area contributed by atoms with Gasteiger partial charge in [-0.2, -0.15) is 0 Å². The smallest absolute Gasteiger partial charge is 0.251 e. The highest BCUT2D eigenvalue weighted by molar-refractivity contribution is 6.29. The van der Waals surface area contributed by atoms with Gasteiger partial charge < -0.3 is 5.32 Å². The zero-order valence-electron chi connectivity index (χ0n) is 11.3. The number of hydrogen-bond acceptors (Lipinski definition) is 3. The van der Waals surface area contributed by atoms with Gasteiger partial charge in [0.1, 0.15) is 5.15 Å². The lowest BCUT2D eigenvalue weighted by atomic mass is 10.1. The summed E-state index contributed by atoms with van der Waals surface area (Å²) in [6, 6.07) is 7.23. The van der Waals surface area contributed by atoms with Crippen LogP contribution < -0.4 is 5.32 Å². The molecule has 0 atom stereocenters. The average Bonchev–Trinajstić information content (AvgIpc) is 2.47. The fourth-order valence-corrected chi connectivity index (χ4v) is 2.06. The van der Waals surface area contributed by atoms with Crippen LogP contribution in [0.3, 0.4) is 0 Å². The van der Waals surface area contributed by atoms with Crippen LogP contribution in [-0.4, -0.2) is 22.4 Å². The van der Waals surface area contributed by atoms with Gasteiger partial charge in [-0.3, -0.25) is 9.78 Å². The number of amides is 1. The van der Waals surface area contributed by atoms with Gasteiger partial charge in [-0.25, -0.2) is 4.98 Å². The second kappa shape index (κ2) is 7.01. The first-order chi connectivity index (χ1) is 9.69. The summed E-state index contributed by atoms with van der Waals surface area (Å²) in [4.78, 5) is 20.1. The van der Waals surface area contributed by atoms with Crippen molar-refractivity contribution in [1.29, 1.82) is 0 Å². The van der Waals surface area contributed by atoms with Crippen LogP contribution in [0.1, 0.15) is 28.5 Å². The zero-order chi connectivity index (χ0) is 14.4. The van der Waals surface area contributed by atoms with Crippen LogP contribution in [0.2, 0.25) is 5.15 Å². The molecule has 0 aliphatic rings. The van der Waals surface area contributed by atoms with E-state index >= 15 is 0 Å². The van der Waals surface area contributed by atoms with E-state index in [4.69, 9.17) is 11.6 Å². The maximum Gasteiger partial charge on any atom is 0.251 e. The molecule has 0 unspecified atom stereocenters. The van der Waals surface area contributed by atoms with Crippen LogP contribution >= 0.6 is 11.6 Å². The highest BCUT2D eigenvalue weighted by Crippen LogP contribution is 2.11. The van der Waals surface area contributed by atoms with E-state index in [0.717, 1.165) is 24.1 Å². The Hall–Kier alpha value is -1.94. The third-order valence-electron chi connectivity index (χ3n) is 2.92. The second-order valence-corrected chi connectivity index (χ2v) is 4.77. The topological polar surface area (TPSA) is 54.9 Å². The molecule has 5 heteroatoms. The number of aromatic nitrogens is 2. The monoisotopic (exact) mass is 289 g/mol. The van der Waals surface area contributed by atoms with Gasteiger partial charge in [0.2, 0.25) is 0 Å². The Morgan fingerprint density at radius 3 is 2.75 bits per heavy atom. The van der Waals surface area contributed by atoms with Crippen LogP contribution in [0.15, 0.2) is 36.7 Å². The first-order valence-corrected chi connectivity index (χ1v) is 6.90. The molecule has 2 aromatic heterocycles. The molecular weight excluding hydrogens is 274 g/mol. The van der Waals surface area contributed by atoms with Crippen molar-refractivity contribution in [1.82, 2.24) is 15.3 Å². The first kappa shape index (κ1) is 14.5. The van der Waals surface area contributed by atoms with Crippen molar-refractivity contribution in [2.24, 2.45) is 0 Å². The van der Waals surface area contributed by atoms with Crippen molar-refractivity contribution in [3.05, 3.63) is 58.6 Å². The van der Waals surface area contributed by atoms with Crippen molar-refractivity contribution < 1.29 is 4.79 Å². The molecule has 104 valence electrons. The molecule has 0 bridgehead atoms. The van der Waals surface area contributed by atoms with Crippen LogP contribution in [0.5, 0.6) is 0 Å². The van der Waals surface area contributed by atoms with E-state index in [1.807, 2.05) is 19.1 Å². The number of hydrogen-bond donors (Lipinski definition) is 1. The van der Waals surface area contributed by atoms with Gasteiger partial charge >= 0.3 is 0 Å². The standard InChI is InChI=1S/C15H16ClN3O/c1-2-13-9-12(10-14(16)19-13)15(20)18-8-5-11-3-6-17-7-4-11/h3-4,6-7,9-10H,2,5,8H2,1H3,(H,18,20). The minimum atomic E-state index is -0.127. The predicted molar refractivity (Wildman–Crippen MR) is 78.9 cm³/mol. The van der Waals surface area contributed by atoms with Gasteiger partial charge in [-0.15, -0.1) is 0 Å². The van der Waals surface area contributed by atoms with Crippen molar-refractivity contribution >= 4 is 17.5 Å². The summed E-state index contributed by atoms with van der Waals surface area (Å²) in [7, 11) is 0. The van der Waals surface area contributed by atoms with Gasteiger partial charge in [-0.1, -0.05) is 18.5 Å². The van der Waals surface area contributed by atoms with E-state index in [2.05, 4.69) is 15.3 Å². The number of nitrogens with zero attached hydrogens (tertiary/aromatic N) is 2. The van der Waals surface area contributed by atoms with E-state index in [1.165, 1.54) is 0 Å². The molecule has 0 aliphatic heterocycles. The number of rotatable bonds is 5. The zero-order valence-corrected chi connectivity index (χ0v) is 12.0. The SMILES string of the molecule is CCc1cc(C(=O)NCCc2ccncc2)cc(Cl)n1. The quantitative estimate of drug-likeness (QED) is 0.861. The van der Waals surface area contributed by atoms with Gasteiger partial charge in [0.05, 0.1) is 0 Å². The average molecular weight is 290 g/mol. The molecule has 2 rings (SSSR count). The third kappa shape index (κ3) is 4.03. The molecule has 0 fully saturated rings. The molecule has 20 heavy (non-hydrogen) atoms. The Balaban J connectivity index is 1.93. The first-order valence-electron chi connectivity index (χ1n) is 6.52. The van der Waals surface area contributed by atoms with Gasteiger partial charge in [0.15, 0.2) is 0 Å². The highest BCUT2D eigenvalue weighted by atomic mass is 35.5. The summed E-state index contributed by atoms with van der Waals surface area (Å²) in [5.41, 5.74) is 2.51. The van der Waals surface area contributed by atoms with Crippen LogP contribution in [0.25, 0.3) is 0 Å². The van der Waals surface area contributed by atoms with Gasteiger partial charge in [-0.05, 0) is 42.7 Å². The fraction of sp³-hybridized carbons (Fsp3) is 0.267. The number of carbonyl (C=O) groups excluding carboxylic acids is 1. The minimum absolute atomic E-state index is 0.127. The third-order valence-corrected chi connectivity index (χ3v) is 3.11. The molecule has 0 saturated carbocycles. The van der Waals surface area contributed by atoms with E-state index in [9.17, 15) is 4.79 Å².